The number of carbonyl (C=O) groups is 2. The molecule has 1 saturated heterocycles. The summed E-state index contributed by atoms with van der Waals surface area (Å²) in [6.45, 7) is 4.36. The maximum absolute atomic E-state index is 11.8. The zero-order valence-electron chi connectivity index (χ0n) is 10.6. The summed E-state index contributed by atoms with van der Waals surface area (Å²) in [4.78, 5) is 24.3. The number of hydrogen-bond donors (Lipinski definition) is 1. The lowest BCUT2D eigenvalue weighted by molar-refractivity contribution is -0.146. The van der Waals surface area contributed by atoms with Gasteiger partial charge in [-0.2, -0.15) is 0 Å². The molecule has 96 valence electrons. The molecule has 1 amide bonds. The molecule has 1 fully saturated rings. The molecule has 4 nitrogen and oxygen atoms in total. The fourth-order valence-electron chi connectivity index (χ4n) is 2.34. The third kappa shape index (κ3) is 2.37. The number of benzene rings is 1. The number of carboxylic acids is 1. The highest BCUT2D eigenvalue weighted by Crippen LogP contribution is 2.23. The van der Waals surface area contributed by atoms with Crippen molar-refractivity contribution in [1.29, 1.82) is 0 Å². The van der Waals surface area contributed by atoms with E-state index in [0.717, 1.165) is 16.7 Å². The normalized spacial score (nSPS) is 19.3. The lowest BCUT2D eigenvalue weighted by Gasteiger charge is -2.22. The number of aryl methyl sites for hydroxylation is 2. The molecule has 1 heterocycles. The summed E-state index contributed by atoms with van der Waals surface area (Å²) in [5, 5.41) is 9.11. The molecule has 2 rings (SSSR count). The van der Waals surface area contributed by atoms with Crippen molar-refractivity contribution in [2.24, 2.45) is 0 Å². The first-order chi connectivity index (χ1) is 8.49. The van der Waals surface area contributed by atoms with Crippen molar-refractivity contribution in [1.82, 2.24) is 4.90 Å². The first-order valence-corrected chi connectivity index (χ1v) is 6.07. The summed E-state index contributed by atoms with van der Waals surface area (Å²) in [5.41, 5.74) is 3.23. The summed E-state index contributed by atoms with van der Waals surface area (Å²) in [7, 11) is 0. The molecule has 1 aliphatic heterocycles. The van der Waals surface area contributed by atoms with E-state index in [9.17, 15) is 9.59 Å². The standard InChI is InChI=1S/C14H17NO3/c1-9-3-4-10(2)11(7-9)8-15-12(14(17)18)5-6-13(15)16/h3-4,7,12H,5-6,8H2,1-2H3,(H,17,18). The van der Waals surface area contributed by atoms with Crippen molar-refractivity contribution in [2.45, 2.75) is 39.3 Å². The summed E-state index contributed by atoms with van der Waals surface area (Å²) < 4.78 is 0. The number of carbonyl (C=O) groups excluding carboxylic acids is 1. The van der Waals surface area contributed by atoms with Gasteiger partial charge >= 0.3 is 5.97 Å². The number of rotatable bonds is 3. The third-order valence-corrected chi connectivity index (χ3v) is 3.46. The van der Waals surface area contributed by atoms with Crippen molar-refractivity contribution in [2.75, 3.05) is 0 Å². The molecule has 1 aromatic rings. The van der Waals surface area contributed by atoms with Crippen molar-refractivity contribution < 1.29 is 14.7 Å². The van der Waals surface area contributed by atoms with E-state index < -0.39 is 12.0 Å². The highest BCUT2D eigenvalue weighted by atomic mass is 16.4. The van der Waals surface area contributed by atoms with E-state index in [1.807, 2.05) is 32.0 Å². The molecule has 1 unspecified atom stereocenters. The highest BCUT2D eigenvalue weighted by molar-refractivity contribution is 5.87. The lowest BCUT2D eigenvalue weighted by Crippen LogP contribution is -2.38. The molecule has 1 aliphatic rings. The quantitative estimate of drug-likeness (QED) is 0.887. The summed E-state index contributed by atoms with van der Waals surface area (Å²) in [5.74, 6) is -0.977. The number of aliphatic carboxylic acids is 1. The van der Waals surface area contributed by atoms with Crippen LogP contribution in [0.25, 0.3) is 0 Å². The monoisotopic (exact) mass is 247 g/mol. The smallest absolute Gasteiger partial charge is 0.326 e. The van der Waals surface area contributed by atoms with Gasteiger partial charge in [-0.05, 0) is 31.4 Å². The molecule has 0 spiro atoms. The molecule has 0 saturated carbocycles. The number of hydrogen-bond acceptors (Lipinski definition) is 2. The van der Waals surface area contributed by atoms with Crippen LogP contribution >= 0.6 is 0 Å². The molecular weight excluding hydrogens is 230 g/mol. The fourth-order valence-corrected chi connectivity index (χ4v) is 2.34. The van der Waals surface area contributed by atoms with Gasteiger partial charge in [0, 0.05) is 13.0 Å². The van der Waals surface area contributed by atoms with E-state index in [-0.39, 0.29) is 5.91 Å². The average Bonchev–Trinajstić information content (AvgIpc) is 2.66. The van der Waals surface area contributed by atoms with Gasteiger partial charge in [0.1, 0.15) is 6.04 Å². The van der Waals surface area contributed by atoms with Crippen LogP contribution in [0.2, 0.25) is 0 Å². The zero-order chi connectivity index (χ0) is 13.3. The third-order valence-electron chi connectivity index (χ3n) is 3.46. The van der Waals surface area contributed by atoms with Gasteiger partial charge in [-0.3, -0.25) is 4.79 Å². The van der Waals surface area contributed by atoms with Crippen molar-refractivity contribution in [3.8, 4) is 0 Å². The first-order valence-electron chi connectivity index (χ1n) is 6.07. The Morgan fingerprint density at radius 2 is 2.17 bits per heavy atom. The molecule has 0 radical (unpaired) electrons. The van der Waals surface area contributed by atoms with Crippen LogP contribution in [0.3, 0.4) is 0 Å². The molecule has 4 heteroatoms. The number of amides is 1. The topological polar surface area (TPSA) is 57.6 Å². The zero-order valence-corrected chi connectivity index (χ0v) is 10.6. The Labute approximate surface area is 106 Å². The predicted molar refractivity (Wildman–Crippen MR) is 67.1 cm³/mol. The minimum absolute atomic E-state index is 0.0664. The van der Waals surface area contributed by atoms with Gasteiger partial charge in [-0.1, -0.05) is 23.8 Å². The highest BCUT2D eigenvalue weighted by Gasteiger charge is 2.35. The largest absolute Gasteiger partial charge is 0.480 e. The van der Waals surface area contributed by atoms with E-state index in [4.69, 9.17) is 5.11 Å². The van der Waals surface area contributed by atoms with Crippen molar-refractivity contribution in [3.05, 3.63) is 34.9 Å². The number of nitrogens with zero attached hydrogens (tertiary/aromatic N) is 1. The van der Waals surface area contributed by atoms with Crippen molar-refractivity contribution in [3.63, 3.8) is 0 Å². The number of likely N-dealkylation sites (tertiary alicyclic amines) is 1. The van der Waals surface area contributed by atoms with Gasteiger partial charge in [0.2, 0.25) is 5.91 Å². The second-order valence-corrected chi connectivity index (χ2v) is 4.84. The van der Waals surface area contributed by atoms with Gasteiger partial charge < -0.3 is 10.0 Å². The Kier molecular flexibility index (Phi) is 3.36. The maximum Gasteiger partial charge on any atom is 0.326 e. The minimum atomic E-state index is -0.911. The molecule has 1 aromatic carbocycles. The van der Waals surface area contributed by atoms with Crippen LogP contribution in [0.4, 0.5) is 0 Å². The molecule has 1 atom stereocenters. The second-order valence-electron chi connectivity index (χ2n) is 4.84. The molecule has 0 bridgehead atoms. The summed E-state index contributed by atoms with van der Waals surface area (Å²) in [6.07, 6.45) is 0.751. The van der Waals surface area contributed by atoms with E-state index in [1.54, 1.807) is 0 Å². The van der Waals surface area contributed by atoms with Crippen LogP contribution in [0.5, 0.6) is 0 Å². The molecule has 0 aliphatic carbocycles. The second kappa shape index (κ2) is 4.80. The maximum atomic E-state index is 11.8. The van der Waals surface area contributed by atoms with Crippen LogP contribution in [0.1, 0.15) is 29.5 Å². The minimum Gasteiger partial charge on any atom is -0.480 e. The molecule has 0 aromatic heterocycles. The van der Waals surface area contributed by atoms with E-state index in [2.05, 4.69) is 0 Å². The van der Waals surface area contributed by atoms with Gasteiger partial charge in [-0.25, -0.2) is 4.79 Å². The Morgan fingerprint density at radius 1 is 1.44 bits per heavy atom. The Hall–Kier alpha value is -1.84. The SMILES string of the molecule is Cc1ccc(C)c(CN2C(=O)CCC2C(=O)O)c1. The van der Waals surface area contributed by atoms with E-state index >= 15 is 0 Å². The van der Waals surface area contributed by atoms with E-state index in [0.29, 0.717) is 19.4 Å². The Balaban J connectivity index is 2.24. The van der Waals surface area contributed by atoms with Crippen LogP contribution in [-0.4, -0.2) is 27.9 Å². The molecule has 18 heavy (non-hydrogen) atoms. The van der Waals surface area contributed by atoms with Gasteiger partial charge in [-0.15, -0.1) is 0 Å². The summed E-state index contributed by atoms with van der Waals surface area (Å²) >= 11 is 0. The van der Waals surface area contributed by atoms with Gasteiger partial charge in [0.25, 0.3) is 0 Å². The average molecular weight is 247 g/mol. The number of carboxylic acid groups (broad SMARTS) is 1. The van der Waals surface area contributed by atoms with E-state index in [1.165, 1.54) is 4.90 Å². The first kappa shape index (κ1) is 12.6. The fraction of sp³-hybridized carbons (Fsp3) is 0.429. The van der Waals surface area contributed by atoms with Crippen LogP contribution < -0.4 is 0 Å². The molecule has 1 N–H and O–H groups in total. The lowest BCUT2D eigenvalue weighted by atomic mass is 10.0. The summed E-state index contributed by atoms with van der Waals surface area (Å²) in [6, 6.07) is 5.36. The predicted octanol–water partition coefficient (Wildman–Crippen LogP) is 1.88. The van der Waals surface area contributed by atoms with Crippen molar-refractivity contribution >= 4 is 11.9 Å². The molecular formula is C14H17NO3. The Morgan fingerprint density at radius 3 is 2.83 bits per heavy atom. The van der Waals surface area contributed by atoms with Crippen LogP contribution in [-0.2, 0) is 16.1 Å². The van der Waals surface area contributed by atoms with Gasteiger partial charge in [0.05, 0.1) is 0 Å². The van der Waals surface area contributed by atoms with Crippen LogP contribution in [0.15, 0.2) is 18.2 Å². The Bertz CT molecular complexity index is 496. The van der Waals surface area contributed by atoms with Crippen LogP contribution in [0, 0.1) is 13.8 Å². The van der Waals surface area contributed by atoms with Gasteiger partial charge in [0.15, 0.2) is 0 Å².